The summed E-state index contributed by atoms with van der Waals surface area (Å²) >= 11 is 0. The monoisotopic (exact) mass is 426 g/mol. The summed E-state index contributed by atoms with van der Waals surface area (Å²) in [5.41, 5.74) is 1.39. The number of benzene rings is 2. The molecule has 2 aliphatic heterocycles. The van der Waals surface area contributed by atoms with E-state index in [1.165, 1.54) is 0 Å². The van der Waals surface area contributed by atoms with Crippen molar-refractivity contribution < 1.29 is 24.1 Å². The molecule has 0 saturated carbocycles. The predicted octanol–water partition coefficient (Wildman–Crippen LogP) is 4.16. The number of carbonyl (C=O) groups is 1. The van der Waals surface area contributed by atoms with Crippen LogP contribution in [0.25, 0.3) is 0 Å². The second-order valence-electron chi connectivity index (χ2n) is 8.04. The Balaban J connectivity index is 1.37. The SMILES string of the molecule is O=C(Nc1ccc(OC[C@H]2CCCO2)cc1)N(Cc1ccccc1O)C[C@@H]1CCCO1. The fourth-order valence-electron chi connectivity index (χ4n) is 3.91. The summed E-state index contributed by atoms with van der Waals surface area (Å²) in [4.78, 5) is 14.7. The number of ether oxygens (including phenoxy) is 3. The second kappa shape index (κ2) is 10.5. The molecule has 7 heteroatoms. The van der Waals surface area contributed by atoms with Crippen LogP contribution in [0.15, 0.2) is 48.5 Å². The lowest BCUT2D eigenvalue weighted by atomic mass is 10.1. The van der Waals surface area contributed by atoms with Crippen molar-refractivity contribution in [1.29, 1.82) is 0 Å². The van der Waals surface area contributed by atoms with E-state index in [4.69, 9.17) is 14.2 Å². The van der Waals surface area contributed by atoms with Crippen LogP contribution in [0, 0.1) is 0 Å². The first-order chi connectivity index (χ1) is 15.2. The zero-order valence-electron chi connectivity index (χ0n) is 17.7. The number of phenolic OH excluding ortho intramolecular Hbond substituents is 1. The minimum atomic E-state index is -0.230. The minimum absolute atomic E-state index is 0.0187. The van der Waals surface area contributed by atoms with E-state index >= 15 is 0 Å². The van der Waals surface area contributed by atoms with Crippen LogP contribution >= 0.6 is 0 Å². The van der Waals surface area contributed by atoms with Gasteiger partial charge in [-0.2, -0.15) is 0 Å². The van der Waals surface area contributed by atoms with Gasteiger partial charge >= 0.3 is 6.03 Å². The molecular weight excluding hydrogens is 396 g/mol. The lowest BCUT2D eigenvalue weighted by Crippen LogP contribution is -2.39. The zero-order chi connectivity index (χ0) is 21.5. The Hall–Kier alpha value is -2.77. The zero-order valence-corrected chi connectivity index (χ0v) is 17.7. The van der Waals surface area contributed by atoms with Gasteiger partial charge in [-0.1, -0.05) is 18.2 Å². The number of hydrogen-bond donors (Lipinski definition) is 2. The highest BCUT2D eigenvalue weighted by atomic mass is 16.5. The van der Waals surface area contributed by atoms with Crippen molar-refractivity contribution in [1.82, 2.24) is 4.90 Å². The van der Waals surface area contributed by atoms with Crippen molar-refractivity contribution in [3.05, 3.63) is 54.1 Å². The van der Waals surface area contributed by atoms with Crippen molar-refractivity contribution in [3.8, 4) is 11.5 Å². The molecule has 0 aliphatic carbocycles. The number of rotatable bonds is 8. The van der Waals surface area contributed by atoms with Crippen molar-refractivity contribution in [2.45, 2.75) is 44.4 Å². The number of amides is 2. The smallest absolute Gasteiger partial charge is 0.322 e. The van der Waals surface area contributed by atoms with Crippen LogP contribution in [0.1, 0.15) is 31.2 Å². The summed E-state index contributed by atoms with van der Waals surface area (Å²) in [5.74, 6) is 0.930. The van der Waals surface area contributed by atoms with Gasteiger partial charge in [0.15, 0.2) is 0 Å². The summed E-state index contributed by atoms with van der Waals surface area (Å²) in [6.07, 6.45) is 4.24. The van der Waals surface area contributed by atoms with Gasteiger partial charge in [-0.25, -0.2) is 4.79 Å². The van der Waals surface area contributed by atoms with Crippen LogP contribution in [0.4, 0.5) is 10.5 Å². The topological polar surface area (TPSA) is 80.3 Å². The first kappa shape index (κ1) is 21.5. The molecule has 2 atom stereocenters. The number of anilines is 1. The average Bonchev–Trinajstić information content (AvgIpc) is 3.48. The van der Waals surface area contributed by atoms with Crippen LogP contribution in [-0.4, -0.2) is 54.6 Å². The molecule has 2 amide bonds. The highest BCUT2D eigenvalue weighted by molar-refractivity contribution is 5.89. The van der Waals surface area contributed by atoms with Crippen LogP contribution in [0.3, 0.4) is 0 Å². The molecule has 0 aromatic heterocycles. The number of para-hydroxylation sites is 1. The molecule has 0 bridgehead atoms. The number of urea groups is 1. The van der Waals surface area contributed by atoms with Crippen molar-refractivity contribution in [2.24, 2.45) is 0 Å². The van der Waals surface area contributed by atoms with E-state index in [0.29, 0.717) is 30.9 Å². The average molecular weight is 427 g/mol. The molecule has 31 heavy (non-hydrogen) atoms. The van der Waals surface area contributed by atoms with E-state index in [0.717, 1.165) is 44.6 Å². The molecule has 2 N–H and O–H groups in total. The number of nitrogens with zero attached hydrogens (tertiary/aromatic N) is 1. The molecular formula is C24H30N2O5. The van der Waals surface area contributed by atoms with Gasteiger partial charge < -0.3 is 29.5 Å². The molecule has 0 unspecified atom stereocenters. The van der Waals surface area contributed by atoms with Gasteiger partial charge in [-0.3, -0.25) is 0 Å². The van der Waals surface area contributed by atoms with Crippen LogP contribution < -0.4 is 10.1 Å². The Kier molecular flexibility index (Phi) is 7.27. The van der Waals surface area contributed by atoms with E-state index in [-0.39, 0.29) is 24.0 Å². The summed E-state index contributed by atoms with van der Waals surface area (Å²) < 4.78 is 17.1. The van der Waals surface area contributed by atoms with Gasteiger partial charge in [0.25, 0.3) is 0 Å². The Morgan fingerprint density at radius 1 is 1.03 bits per heavy atom. The Morgan fingerprint density at radius 3 is 2.42 bits per heavy atom. The molecule has 0 radical (unpaired) electrons. The second-order valence-corrected chi connectivity index (χ2v) is 8.04. The molecule has 2 fully saturated rings. The third kappa shape index (κ3) is 6.12. The van der Waals surface area contributed by atoms with Gasteiger partial charge in [0.2, 0.25) is 0 Å². The maximum absolute atomic E-state index is 13.0. The third-order valence-electron chi connectivity index (χ3n) is 5.65. The highest BCUT2D eigenvalue weighted by Crippen LogP contribution is 2.22. The maximum atomic E-state index is 13.0. The predicted molar refractivity (Wildman–Crippen MR) is 117 cm³/mol. The Bertz CT molecular complexity index is 845. The number of carbonyl (C=O) groups excluding carboxylic acids is 1. The van der Waals surface area contributed by atoms with E-state index < -0.39 is 0 Å². The fourth-order valence-corrected chi connectivity index (χ4v) is 3.91. The van der Waals surface area contributed by atoms with Crippen molar-refractivity contribution in [3.63, 3.8) is 0 Å². The molecule has 2 aliphatic rings. The van der Waals surface area contributed by atoms with E-state index in [1.54, 1.807) is 17.0 Å². The Labute approximate surface area is 182 Å². The number of aromatic hydroxyl groups is 1. The molecule has 2 aromatic carbocycles. The van der Waals surface area contributed by atoms with Gasteiger partial charge in [0.1, 0.15) is 18.1 Å². The molecule has 0 spiro atoms. The third-order valence-corrected chi connectivity index (χ3v) is 5.65. The van der Waals surface area contributed by atoms with E-state index in [2.05, 4.69) is 5.32 Å². The quantitative estimate of drug-likeness (QED) is 0.662. The number of nitrogens with one attached hydrogen (secondary N) is 1. The number of hydrogen-bond acceptors (Lipinski definition) is 5. The molecule has 7 nitrogen and oxygen atoms in total. The summed E-state index contributed by atoms with van der Waals surface area (Å²) in [6, 6.07) is 14.2. The molecule has 4 rings (SSSR count). The van der Waals surface area contributed by atoms with Crippen LogP contribution in [0.5, 0.6) is 11.5 Å². The van der Waals surface area contributed by atoms with Gasteiger partial charge in [0, 0.05) is 31.0 Å². The Morgan fingerprint density at radius 2 is 1.74 bits per heavy atom. The van der Waals surface area contributed by atoms with E-state index in [9.17, 15) is 9.90 Å². The fraction of sp³-hybridized carbons (Fsp3) is 0.458. The number of phenols is 1. The standard InChI is InChI=1S/C24H30N2O5/c27-23-8-2-1-5-18(23)15-26(16-21-6-3-13-29-21)24(28)25-19-9-11-20(12-10-19)31-17-22-7-4-14-30-22/h1-2,5,8-12,21-22,27H,3-4,6-7,13-17H2,(H,25,28)/t21-,22+/m0/s1. The first-order valence-electron chi connectivity index (χ1n) is 11.0. The summed E-state index contributed by atoms with van der Waals surface area (Å²) in [6.45, 7) is 2.86. The lowest BCUT2D eigenvalue weighted by molar-refractivity contribution is 0.0679. The summed E-state index contributed by atoms with van der Waals surface area (Å²) in [7, 11) is 0. The largest absolute Gasteiger partial charge is 0.508 e. The van der Waals surface area contributed by atoms with Gasteiger partial charge in [0.05, 0.1) is 18.8 Å². The van der Waals surface area contributed by atoms with Gasteiger partial charge in [-0.05, 0) is 56.0 Å². The molecule has 166 valence electrons. The van der Waals surface area contributed by atoms with Crippen molar-refractivity contribution in [2.75, 3.05) is 31.7 Å². The van der Waals surface area contributed by atoms with Crippen LogP contribution in [0.2, 0.25) is 0 Å². The molecule has 2 saturated heterocycles. The lowest BCUT2D eigenvalue weighted by Gasteiger charge is -2.26. The van der Waals surface area contributed by atoms with E-state index in [1.807, 2.05) is 36.4 Å². The highest BCUT2D eigenvalue weighted by Gasteiger charge is 2.24. The molecule has 2 aromatic rings. The normalized spacial score (nSPS) is 20.5. The summed E-state index contributed by atoms with van der Waals surface area (Å²) in [5, 5.41) is 13.1. The van der Waals surface area contributed by atoms with Crippen LogP contribution in [-0.2, 0) is 16.0 Å². The van der Waals surface area contributed by atoms with Crippen molar-refractivity contribution >= 4 is 11.7 Å². The maximum Gasteiger partial charge on any atom is 0.322 e. The van der Waals surface area contributed by atoms with Gasteiger partial charge in [-0.15, -0.1) is 0 Å². The minimum Gasteiger partial charge on any atom is -0.508 e. The first-order valence-corrected chi connectivity index (χ1v) is 11.0. The molecule has 2 heterocycles.